The molecule has 0 aliphatic heterocycles. The molecule has 0 bridgehead atoms. The van der Waals surface area contributed by atoms with Gasteiger partial charge in [0.15, 0.2) is 0 Å². The summed E-state index contributed by atoms with van der Waals surface area (Å²) in [6.45, 7) is 6.61. The molecule has 0 fully saturated rings. The first-order chi connectivity index (χ1) is 32.4. The van der Waals surface area contributed by atoms with Crippen molar-refractivity contribution in [3.05, 3.63) is 29.8 Å². The molecule has 0 aromatic heterocycles. The molecule has 0 spiro atoms. The molecule has 0 unspecified atom stereocenters. The van der Waals surface area contributed by atoms with Gasteiger partial charge in [0.2, 0.25) is 47.3 Å². The minimum atomic E-state index is -1.68. The molecule has 1 rings (SSSR count). The topological polar surface area (TPSA) is 431 Å². The fraction of sp³-hybridized carbons (Fsp3) is 0.614. The molecule has 8 amide bonds. The minimum Gasteiger partial charge on any atom is -0.508 e. The smallest absolute Gasteiger partial charge is 0.326 e. The minimum absolute atomic E-state index is 0.0000960. The van der Waals surface area contributed by atoms with Crippen LogP contribution in [0.4, 0.5) is 0 Å². The molecule has 17 N–H and O–H groups in total. The molecule has 0 aliphatic carbocycles. The summed E-state index contributed by atoms with van der Waals surface area (Å²) in [7, 11) is 0. The summed E-state index contributed by atoms with van der Waals surface area (Å²) in [6, 6.07) is -4.73. The van der Waals surface area contributed by atoms with Gasteiger partial charge >= 0.3 is 17.9 Å². The standard InChI is InChI=1S/C44H70N10O15/c1-23(2)19-31(41(65)51-28(13-16-36(58)59)39(63)52-30(44(68)69)7-5-6-18-45)54-42(66)32(20-24(3)4)53-40(64)29(14-17-37(60)61)49-38(62)27(12-15-34(47)56)50-43(67)33(48-35(57)22-46)21-25-8-10-26(55)11-9-25/h8-11,23-24,27-33,55H,5-7,12-22,45-46H2,1-4H3,(H2,47,56)(H,48,57)(H,49,62)(H,50,67)(H,51,65)(H,52,63)(H,53,64)(H,54,66)(H,58,59)(H,60,61)(H,68,69)/t27-,28-,29-,30-,31-,32-,33-/m0/s1. The van der Waals surface area contributed by atoms with E-state index in [0.717, 1.165) is 0 Å². The number of benzene rings is 1. The predicted octanol–water partition coefficient (Wildman–Crippen LogP) is -2.41. The van der Waals surface area contributed by atoms with E-state index >= 15 is 0 Å². The Kier molecular flexibility index (Phi) is 27.2. The molecule has 0 aliphatic rings. The molecule has 1 aromatic rings. The fourth-order valence-corrected chi connectivity index (χ4v) is 6.75. The number of rotatable bonds is 34. The van der Waals surface area contributed by atoms with Gasteiger partial charge in [-0.15, -0.1) is 0 Å². The van der Waals surface area contributed by atoms with Crippen molar-refractivity contribution in [2.75, 3.05) is 13.1 Å². The van der Waals surface area contributed by atoms with Gasteiger partial charge in [-0.1, -0.05) is 39.8 Å². The lowest BCUT2D eigenvalue weighted by Crippen LogP contribution is -2.60. The van der Waals surface area contributed by atoms with E-state index in [-0.39, 0.29) is 49.8 Å². The van der Waals surface area contributed by atoms with Crippen LogP contribution in [0.2, 0.25) is 0 Å². The van der Waals surface area contributed by atoms with Crippen LogP contribution >= 0.6 is 0 Å². The number of aromatic hydroxyl groups is 1. The highest BCUT2D eigenvalue weighted by Crippen LogP contribution is 2.14. The first-order valence-corrected chi connectivity index (χ1v) is 22.6. The fourth-order valence-electron chi connectivity index (χ4n) is 6.75. The molecule has 0 saturated carbocycles. The maximum Gasteiger partial charge on any atom is 0.326 e. The van der Waals surface area contributed by atoms with Crippen molar-refractivity contribution in [2.45, 2.75) is 147 Å². The molecule has 7 atom stereocenters. The third-order valence-corrected chi connectivity index (χ3v) is 10.3. The van der Waals surface area contributed by atoms with E-state index in [1.54, 1.807) is 27.7 Å². The largest absolute Gasteiger partial charge is 0.508 e. The first-order valence-electron chi connectivity index (χ1n) is 22.6. The average molecular weight is 979 g/mol. The zero-order valence-electron chi connectivity index (χ0n) is 39.4. The summed E-state index contributed by atoms with van der Waals surface area (Å²) in [6.07, 6.45) is -2.55. The van der Waals surface area contributed by atoms with E-state index in [4.69, 9.17) is 17.2 Å². The summed E-state index contributed by atoms with van der Waals surface area (Å²) >= 11 is 0. The Labute approximate surface area is 399 Å². The number of unbranched alkanes of at least 4 members (excludes halogenated alkanes) is 1. The number of aliphatic carboxylic acids is 3. The summed E-state index contributed by atoms with van der Waals surface area (Å²) < 4.78 is 0. The van der Waals surface area contributed by atoms with Crippen LogP contribution in [0.3, 0.4) is 0 Å². The highest BCUT2D eigenvalue weighted by molar-refractivity contribution is 5.98. The molecule has 0 radical (unpaired) electrons. The van der Waals surface area contributed by atoms with Crippen molar-refractivity contribution in [3.63, 3.8) is 0 Å². The number of hydrogen-bond acceptors (Lipinski definition) is 14. The number of hydrogen-bond donors (Lipinski definition) is 14. The average Bonchev–Trinajstić information content (AvgIpc) is 3.26. The third-order valence-electron chi connectivity index (χ3n) is 10.3. The first kappa shape index (κ1) is 60.1. The van der Waals surface area contributed by atoms with Crippen molar-refractivity contribution < 1.29 is 73.2 Å². The summed E-state index contributed by atoms with van der Waals surface area (Å²) in [4.78, 5) is 142. The number of carboxylic acid groups (broad SMARTS) is 3. The van der Waals surface area contributed by atoms with Gasteiger partial charge in [0.25, 0.3) is 0 Å². The van der Waals surface area contributed by atoms with Gasteiger partial charge < -0.3 is 74.8 Å². The number of phenols is 1. The molecule has 0 heterocycles. The molecule has 0 saturated heterocycles. The second-order valence-electron chi connectivity index (χ2n) is 17.3. The van der Waals surface area contributed by atoms with Crippen LogP contribution in [0, 0.1) is 11.8 Å². The van der Waals surface area contributed by atoms with E-state index in [9.17, 15) is 73.2 Å². The quantitative estimate of drug-likeness (QED) is 0.0320. The van der Waals surface area contributed by atoms with Crippen LogP contribution in [0.1, 0.15) is 104 Å². The maximum atomic E-state index is 14.0. The Morgan fingerprint density at radius 1 is 0.493 bits per heavy atom. The second kappa shape index (κ2) is 31.2. The van der Waals surface area contributed by atoms with Crippen molar-refractivity contribution in [1.29, 1.82) is 0 Å². The van der Waals surface area contributed by atoms with Gasteiger partial charge in [0.05, 0.1) is 6.54 Å². The Morgan fingerprint density at radius 3 is 1.23 bits per heavy atom. The summed E-state index contributed by atoms with van der Waals surface area (Å²) in [5.74, 6) is -12.2. The number of amides is 8. The number of carbonyl (C=O) groups is 11. The number of nitrogens with one attached hydrogen (secondary N) is 7. The number of nitrogens with two attached hydrogens (primary N) is 3. The second-order valence-corrected chi connectivity index (χ2v) is 17.3. The van der Waals surface area contributed by atoms with Crippen LogP contribution in [0.25, 0.3) is 0 Å². The lowest BCUT2D eigenvalue weighted by Gasteiger charge is -2.28. The van der Waals surface area contributed by atoms with Crippen molar-refractivity contribution in [2.24, 2.45) is 29.0 Å². The Hall–Kier alpha value is -6.89. The van der Waals surface area contributed by atoms with Gasteiger partial charge in [-0.05, 0) is 87.4 Å². The van der Waals surface area contributed by atoms with E-state index in [1.807, 2.05) is 0 Å². The molecule has 1 aromatic carbocycles. The van der Waals surface area contributed by atoms with Crippen molar-refractivity contribution in [3.8, 4) is 5.75 Å². The lowest BCUT2D eigenvalue weighted by atomic mass is 9.99. The highest BCUT2D eigenvalue weighted by Gasteiger charge is 2.35. The zero-order chi connectivity index (χ0) is 52.4. The van der Waals surface area contributed by atoms with Crippen LogP contribution < -0.4 is 54.4 Å². The SMILES string of the molecule is CC(C)C[C@H](NC(=O)[C@H](CC(C)C)NC(=O)[C@H](CCC(=O)O)NC(=O)[C@H](CCC(N)=O)NC(=O)[C@H](Cc1ccc(O)cc1)NC(=O)CN)C(=O)N[C@@H](CCC(=O)O)C(=O)N[C@@H](CCCCN)C(=O)O. The van der Waals surface area contributed by atoms with E-state index < -0.39 is 153 Å². The molecular formula is C44H70N10O15. The molecule has 25 nitrogen and oxygen atoms in total. The highest BCUT2D eigenvalue weighted by atomic mass is 16.4. The van der Waals surface area contributed by atoms with Gasteiger partial charge in [-0.25, -0.2) is 4.79 Å². The van der Waals surface area contributed by atoms with Gasteiger partial charge in [-0.3, -0.25) is 47.9 Å². The summed E-state index contributed by atoms with van der Waals surface area (Å²) in [5.41, 5.74) is 16.8. The monoisotopic (exact) mass is 979 g/mol. The van der Waals surface area contributed by atoms with E-state index in [2.05, 4.69) is 37.2 Å². The van der Waals surface area contributed by atoms with Gasteiger partial charge in [-0.2, -0.15) is 0 Å². The van der Waals surface area contributed by atoms with Crippen LogP contribution in [-0.2, 0) is 59.2 Å². The summed E-state index contributed by atoms with van der Waals surface area (Å²) in [5, 5.41) is 55.3. The zero-order valence-corrected chi connectivity index (χ0v) is 39.4. The van der Waals surface area contributed by atoms with Crippen molar-refractivity contribution >= 4 is 65.2 Å². The number of phenolic OH excluding ortho intramolecular Hbond substituents is 1. The molecule has 25 heteroatoms. The third kappa shape index (κ3) is 24.6. The van der Waals surface area contributed by atoms with E-state index in [1.165, 1.54) is 24.3 Å². The Balaban J connectivity index is 3.48. The van der Waals surface area contributed by atoms with Crippen LogP contribution in [-0.4, -0.2) is 141 Å². The Morgan fingerprint density at radius 2 is 0.870 bits per heavy atom. The number of primary amides is 1. The van der Waals surface area contributed by atoms with Gasteiger partial charge in [0, 0.05) is 25.7 Å². The predicted molar refractivity (Wildman–Crippen MR) is 246 cm³/mol. The maximum absolute atomic E-state index is 14.0. The normalized spacial score (nSPS) is 14.1. The van der Waals surface area contributed by atoms with Crippen LogP contribution in [0.5, 0.6) is 5.75 Å². The van der Waals surface area contributed by atoms with E-state index in [0.29, 0.717) is 18.4 Å². The van der Waals surface area contributed by atoms with Crippen molar-refractivity contribution in [1.82, 2.24) is 37.2 Å². The molecule has 69 heavy (non-hydrogen) atoms. The number of carboxylic acids is 3. The van der Waals surface area contributed by atoms with Crippen LogP contribution in [0.15, 0.2) is 24.3 Å². The number of carbonyl (C=O) groups excluding carboxylic acids is 8. The molecule has 386 valence electrons. The molecular weight excluding hydrogens is 909 g/mol. The van der Waals surface area contributed by atoms with Gasteiger partial charge in [0.1, 0.15) is 48.0 Å². The lowest BCUT2D eigenvalue weighted by molar-refractivity contribution is -0.143. The Bertz CT molecular complexity index is 1930.